The molecule has 46 heavy (non-hydrogen) atoms. The van der Waals surface area contributed by atoms with Crippen molar-refractivity contribution in [3.63, 3.8) is 0 Å². The van der Waals surface area contributed by atoms with E-state index in [1.54, 1.807) is 0 Å². The molecule has 2 aromatic carbocycles. The van der Waals surface area contributed by atoms with E-state index in [0.29, 0.717) is 11.4 Å². The third-order valence-electron chi connectivity index (χ3n) is 6.94. The number of hydrazone groups is 1. The zero-order valence-electron chi connectivity index (χ0n) is 25.2. The quantitative estimate of drug-likeness (QED) is 0.0720. The Hall–Kier alpha value is -3.66. The maximum absolute atomic E-state index is 12.7. The number of ketones is 2. The number of rotatable bonds is 8. The first kappa shape index (κ1) is 36.8. The van der Waals surface area contributed by atoms with Gasteiger partial charge in [-0.25, -0.2) is 8.42 Å². The summed E-state index contributed by atoms with van der Waals surface area (Å²) >= 11 is 0. The van der Waals surface area contributed by atoms with Gasteiger partial charge in [-0.15, -0.1) is 0 Å². The van der Waals surface area contributed by atoms with Gasteiger partial charge in [-0.2, -0.15) is 5.10 Å². The molecule has 5 rings (SSSR count). The monoisotopic (exact) mass is 655 g/mol. The number of carboxylic acids is 1. The molecule has 0 saturated heterocycles. The predicted molar refractivity (Wildman–Crippen MR) is 161 cm³/mol. The summed E-state index contributed by atoms with van der Waals surface area (Å²) in [5.74, 6) is -2.93. The van der Waals surface area contributed by atoms with Crippen LogP contribution in [-0.2, 0) is 24.5 Å². The molecule has 0 bridgehead atoms. The van der Waals surface area contributed by atoms with E-state index in [9.17, 15) is 32.5 Å². The van der Waals surface area contributed by atoms with Gasteiger partial charge in [0.05, 0.1) is 44.9 Å². The SMILES string of the molecule is Cc1cc(-c2ccc(NNC3=C4C(=O)C=C(S(=O)(=O)[O-])C=C4C=CC3=N)c(C)c2)ccc1N/N=C1/C=CC(=O)C(C(=O)[O-])=C1.[Na+].[Na+]. The second-order valence-electron chi connectivity index (χ2n) is 9.96. The molecule has 0 atom stereocenters. The number of allylic oxidation sites excluding steroid dienone is 9. The van der Waals surface area contributed by atoms with Crippen molar-refractivity contribution in [2.24, 2.45) is 5.10 Å². The minimum atomic E-state index is -4.82. The van der Waals surface area contributed by atoms with Crippen LogP contribution in [0.2, 0.25) is 0 Å². The van der Waals surface area contributed by atoms with E-state index in [2.05, 4.69) is 21.4 Å². The Morgan fingerprint density at radius 2 is 1.46 bits per heavy atom. The fourth-order valence-corrected chi connectivity index (χ4v) is 5.15. The molecule has 2 aromatic rings. The zero-order valence-corrected chi connectivity index (χ0v) is 30.0. The summed E-state index contributed by atoms with van der Waals surface area (Å²) in [4.78, 5) is 34.8. The maximum atomic E-state index is 12.7. The smallest absolute Gasteiger partial charge is 0.744 e. The van der Waals surface area contributed by atoms with E-state index in [4.69, 9.17) is 5.41 Å². The van der Waals surface area contributed by atoms with Crippen molar-refractivity contribution in [2.45, 2.75) is 13.8 Å². The molecule has 0 spiro atoms. The number of anilines is 2. The molecule has 0 amide bonds. The Balaban J connectivity index is 0.00000288. The molecular weight excluding hydrogens is 632 g/mol. The summed E-state index contributed by atoms with van der Waals surface area (Å²) in [7, 11) is -4.82. The number of carboxylic acid groups (broad SMARTS) is 1. The predicted octanol–water partition coefficient (Wildman–Crippen LogP) is -3.74. The number of benzene rings is 2. The van der Waals surface area contributed by atoms with Gasteiger partial charge in [-0.05, 0) is 96.3 Å². The minimum Gasteiger partial charge on any atom is -0.744 e. The number of hydrogen-bond donors (Lipinski definition) is 4. The molecule has 3 aliphatic carbocycles. The second-order valence-corrected chi connectivity index (χ2v) is 11.3. The first-order valence-corrected chi connectivity index (χ1v) is 14.4. The van der Waals surface area contributed by atoms with Crippen LogP contribution in [0.5, 0.6) is 0 Å². The van der Waals surface area contributed by atoms with Gasteiger partial charge in [0.15, 0.2) is 11.6 Å². The van der Waals surface area contributed by atoms with Crippen molar-refractivity contribution in [2.75, 3.05) is 10.9 Å². The Morgan fingerprint density at radius 1 is 0.826 bits per heavy atom. The molecule has 0 saturated carbocycles. The Labute approximate surface area is 308 Å². The van der Waals surface area contributed by atoms with Gasteiger partial charge in [0, 0.05) is 11.6 Å². The van der Waals surface area contributed by atoms with E-state index < -0.39 is 38.1 Å². The molecule has 0 radical (unpaired) electrons. The molecule has 0 fully saturated rings. The van der Waals surface area contributed by atoms with E-state index in [-0.39, 0.29) is 87.4 Å². The summed E-state index contributed by atoms with van der Waals surface area (Å²) in [5.41, 5.74) is 13.8. The number of nitrogens with one attached hydrogen (secondary N) is 4. The number of aliphatic carboxylic acids is 1. The number of fused-ring (bicyclic) bond motifs is 1. The molecule has 4 N–H and O–H groups in total. The number of carbonyl (C=O) groups is 3. The van der Waals surface area contributed by atoms with Gasteiger partial charge < -0.3 is 19.9 Å². The van der Waals surface area contributed by atoms with E-state index in [0.717, 1.165) is 46.6 Å². The first-order valence-electron chi connectivity index (χ1n) is 13.0. The number of aryl methyl sites for hydroxylation is 2. The molecule has 0 aromatic heterocycles. The van der Waals surface area contributed by atoms with Gasteiger partial charge in [-0.1, -0.05) is 18.2 Å². The zero-order chi connectivity index (χ0) is 31.8. The Bertz CT molecular complexity index is 2020. The number of hydrazine groups is 1. The van der Waals surface area contributed by atoms with Crippen molar-refractivity contribution in [3.05, 3.63) is 117 Å². The molecule has 12 nitrogen and oxygen atoms in total. The maximum Gasteiger partial charge on any atom is 1.00 e. The van der Waals surface area contributed by atoms with Crippen molar-refractivity contribution in [3.8, 4) is 11.1 Å². The second kappa shape index (κ2) is 14.8. The fraction of sp³-hybridized carbons (Fsp3) is 0.0645. The van der Waals surface area contributed by atoms with Gasteiger partial charge in [0.1, 0.15) is 10.1 Å². The van der Waals surface area contributed by atoms with E-state index in [1.165, 1.54) is 18.2 Å². The van der Waals surface area contributed by atoms with Crippen LogP contribution < -0.4 is 80.5 Å². The average molecular weight is 656 g/mol. The van der Waals surface area contributed by atoms with Gasteiger partial charge in [0.2, 0.25) is 0 Å². The van der Waals surface area contributed by atoms with E-state index >= 15 is 0 Å². The van der Waals surface area contributed by atoms with Crippen LogP contribution in [0.25, 0.3) is 11.1 Å². The Morgan fingerprint density at radius 3 is 2.04 bits per heavy atom. The summed E-state index contributed by atoms with van der Waals surface area (Å²) in [5, 5.41) is 23.5. The van der Waals surface area contributed by atoms with Crippen LogP contribution in [0.4, 0.5) is 11.4 Å². The summed E-state index contributed by atoms with van der Waals surface area (Å²) in [6.45, 7) is 3.75. The molecule has 0 aliphatic heterocycles. The standard InChI is InChI=1S/C31H25N5O7S.2Na/c1-16-11-18(4-8-25(16)34-33-21-6-10-27(37)23(14-21)31(39)40)19-5-9-26(17(2)12-19)35-36-30-24(32)7-3-20-13-22(44(41,42)43)15-28(38)29(20)30;;/h3-15,32,34-36H,1-2H3,(H,39,40)(H,41,42,43);;/q;2*+1/p-2/b32-24?,33-21-;;. The van der Waals surface area contributed by atoms with Crippen molar-refractivity contribution < 1.29 is 91.6 Å². The molecule has 222 valence electrons. The molecular formula is C31H23N5Na2O7S. The van der Waals surface area contributed by atoms with Crippen molar-refractivity contribution in [1.29, 1.82) is 5.41 Å². The molecule has 3 aliphatic rings. The number of hydrogen-bond acceptors (Lipinski definition) is 12. The van der Waals surface area contributed by atoms with Crippen LogP contribution >= 0.6 is 0 Å². The third-order valence-corrected chi connectivity index (χ3v) is 7.75. The summed E-state index contributed by atoms with van der Waals surface area (Å²) in [6.07, 6.45) is 8.33. The van der Waals surface area contributed by atoms with Crippen LogP contribution in [0.3, 0.4) is 0 Å². The third kappa shape index (κ3) is 8.00. The minimum absolute atomic E-state index is 0. The summed E-state index contributed by atoms with van der Waals surface area (Å²) < 4.78 is 34.3. The molecule has 0 unspecified atom stereocenters. The van der Waals surface area contributed by atoms with Crippen LogP contribution in [-0.4, -0.2) is 41.9 Å². The number of nitrogens with zero attached hydrogens (tertiary/aromatic N) is 1. The average Bonchev–Trinajstić information content (AvgIpc) is 2.96. The van der Waals surface area contributed by atoms with E-state index in [1.807, 2.05) is 50.2 Å². The Kier molecular flexibility index (Phi) is 11.9. The fourth-order valence-electron chi connectivity index (χ4n) is 4.63. The van der Waals surface area contributed by atoms with Crippen LogP contribution in [0, 0.1) is 19.3 Å². The van der Waals surface area contributed by atoms with Gasteiger partial charge in [0.25, 0.3) is 0 Å². The van der Waals surface area contributed by atoms with Crippen LogP contribution in [0.1, 0.15) is 11.1 Å². The molecule has 0 heterocycles. The number of carbonyl (C=O) groups excluding carboxylic acids is 3. The van der Waals surface area contributed by atoms with Gasteiger partial charge in [-0.3, -0.25) is 25.8 Å². The van der Waals surface area contributed by atoms with Crippen LogP contribution in [0.15, 0.2) is 111 Å². The normalized spacial score (nSPS) is 16.5. The van der Waals surface area contributed by atoms with Crippen molar-refractivity contribution >= 4 is 50.5 Å². The largest absolute Gasteiger partial charge is 1.00 e. The summed E-state index contributed by atoms with van der Waals surface area (Å²) in [6, 6.07) is 11.3. The van der Waals surface area contributed by atoms with Gasteiger partial charge >= 0.3 is 59.1 Å². The molecule has 15 heteroatoms. The topological polar surface area (TPSA) is 204 Å². The van der Waals surface area contributed by atoms with Crippen molar-refractivity contribution in [1.82, 2.24) is 5.43 Å². The first-order chi connectivity index (χ1) is 20.8.